The van der Waals surface area contributed by atoms with E-state index in [2.05, 4.69) is 68.4 Å². The van der Waals surface area contributed by atoms with Crippen molar-refractivity contribution < 1.29 is 4.74 Å². The van der Waals surface area contributed by atoms with Crippen molar-refractivity contribution in [3.63, 3.8) is 0 Å². The smallest absolute Gasteiger partial charge is 0.0674 e. The van der Waals surface area contributed by atoms with E-state index in [1.165, 1.54) is 5.56 Å². The maximum absolute atomic E-state index is 5.64. The molecule has 0 amide bonds. The van der Waals surface area contributed by atoms with Crippen molar-refractivity contribution in [2.75, 3.05) is 33.3 Å². The Morgan fingerprint density at radius 1 is 1.35 bits per heavy atom. The average molecular weight is 276 g/mol. The topological polar surface area (TPSA) is 24.5 Å². The molecule has 0 aliphatic carbocycles. The maximum atomic E-state index is 5.64. The third kappa shape index (κ3) is 3.81. The van der Waals surface area contributed by atoms with Crippen LogP contribution in [0, 0.1) is 5.41 Å². The summed E-state index contributed by atoms with van der Waals surface area (Å²) in [4.78, 5) is 2.53. The number of benzene rings is 1. The molecule has 1 aromatic rings. The minimum absolute atomic E-state index is 0.174. The van der Waals surface area contributed by atoms with Gasteiger partial charge in [-0.15, -0.1) is 0 Å². The minimum Gasteiger partial charge on any atom is -0.376 e. The molecular weight excluding hydrogens is 248 g/mol. The molecule has 1 aliphatic heterocycles. The maximum Gasteiger partial charge on any atom is 0.0674 e. The average Bonchev–Trinajstić information content (AvgIpc) is 2.39. The van der Waals surface area contributed by atoms with E-state index < -0.39 is 0 Å². The van der Waals surface area contributed by atoms with E-state index in [1.807, 2.05) is 0 Å². The number of rotatable bonds is 5. The highest BCUT2D eigenvalue weighted by Gasteiger charge is 2.32. The van der Waals surface area contributed by atoms with Gasteiger partial charge in [0.15, 0.2) is 0 Å². The first-order chi connectivity index (χ1) is 9.53. The molecule has 2 unspecified atom stereocenters. The predicted octanol–water partition coefficient (Wildman–Crippen LogP) is 2.69. The molecule has 2 rings (SSSR count). The second-order valence-corrected chi connectivity index (χ2v) is 6.54. The third-order valence-corrected chi connectivity index (χ3v) is 4.16. The molecule has 0 bridgehead atoms. The number of hydrogen-bond donors (Lipinski definition) is 1. The van der Waals surface area contributed by atoms with Gasteiger partial charge in [-0.1, -0.05) is 44.2 Å². The predicted molar refractivity (Wildman–Crippen MR) is 83.9 cm³/mol. The van der Waals surface area contributed by atoms with Crippen molar-refractivity contribution in [1.82, 2.24) is 10.2 Å². The molecule has 2 atom stereocenters. The normalized spacial score (nSPS) is 22.7. The summed E-state index contributed by atoms with van der Waals surface area (Å²) in [5.41, 5.74) is 1.54. The summed E-state index contributed by atoms with van der Waals surface area (Å²) in [6.07, 6.45) is 0.351. The van der Waals surface area contributed by atoms with Gasteiger partial charge in [-0.2, -0.15) is 0 Å². The summed E-state index contributed by atoms with van der Waals surface area (Å²) in [6, 6.07) is 11.1. The molecular formula is C17H28N2O. The van der Waals surface area contributed by atoms with Gasteiger partial charge in [0.05, 0.1) is 12.7 Å². The Bertz CT molecular complexity index is 405. The van der Waals surface area contributed by atoms with Crippen molar-refractivity contribution in [2.45, 2.75) is 32.9 Å². The molecule has 0 radical (unpaired) electrons. The summed E-state index contributed by atoms with van der Waals surface area (Å²) < 4.78 is 5.64. The van der Waals surface area contributed by atoms with E-state index in [0.29, 0.717) is 12.1 Å². The Balaban J connectivity index is 2.07. The van der Waals surface area contributed by atoms with Crippen LogP contribution in [0.25, 0.3) is 0 Å². The number of morpholine rings is 1. The van der Waals surface area contributed by atoms with Crippen LogP contribution in [-0.2, 0) is 4.74 Å². The fourth-order valence-electron chi connectivity index (χ4n) is 3.36. The second-order valence-electron chi connectivity index (χ2n) is 6.54. The first kappa shape index (κ1) is 15.5. The van der Waals surface area contributed by atoms with Crippen molar-refractivity contribution in [2.24, 2.45) is 5.41 Å². The summed E-state index contributed by atoms with van der Waals surface area (Å²) in [5.74, 6) is 0. The molecule has 3 heteroatoms. The molecule has 0 aromatic heterocycles. The molecule has 1 aliphatic rings. The summed E-state index contributed by atoms with van der Waals surface area (Å²) in [7, 11) is 2.06. The number of ether oxygens (including phenoxy) is 1. The zero-order valence-corrected chi connectivity index (χ0v) is 13.2. The molecule has 1 aromatic carbocycles. The zero-order valence-electron chi connectivity index (χ0n) is 13.2. The Morgan fingerprint density at radius 2 is 2.05 bits per heavy atom. The number of hydrogen-bond acceptors (Lipinski definition) is 3. The van der Waals surface area contributed by atoms with Crippen molar-refractivity contribution in [3.8, 4) is 0 Å². The molecule has 20 heavy (non-hydrogen) atoms. The fraction of sp³-hybridized carbons (Fsp3) is 0.647. The van der Waals surface area contributed by atoms with Gasteiger partial charge in [0.1, 0.15) is 0 Å². The minimum atomic E-state index is 0.174. The first-order valence-electron chi connectivity index (χ1n) is 7.59. The van der Waals surface area contributed by atoms with Crippen LogP contribution in [0.2, 0.25) is 0 Å². The van der Waals surface area contributed by atoms with E-state index in [-0.39, 0.29) is 5.41 Å². The van der Waals surface area contributed by atoms with Crippen LogP contribution in [0.4, 0.5) is 0 Å². The van der Waals surface area contributed by atoms with Gasteiger partial charge in [-0.3, -0.25) is 4.90 Å². The Labute approximate surface area is 123 Å². The Morgan fingerprint density at radius 3 is 2.65 bits per heavy atom. The lowest BCUT2D eigenvalue weighted by Gasteiger charge is -2.41. The van der Waals surface area contributed by atoms with Gasteiger partial charge in [-0.05, 0) is 24.9 Å². The van der Waals surface area contributed by atoms with Gasteiger partial charge in [-0.25, -0.2) is 0 Å². The highest BCUT2D eigenvalue weighted by Crippen LogP contribution is 2.34. The summed E-state index contributed by atoms with van der Waals surface area (Å²) >= 11 is 0. The monoisotopic (exact) mass is 276 g/mol. The van der Waals surface area contributed by atoms with Crippen molar-refractivity contribution in [3.05, 3.63) is 35.9 Å². The SMILES string of the molecule is CNC(c1ccccc1)C(C)(C)CN1CCOC(C)C1. The number of nitrogens with one attached hydrogen (secondary N) is 1. The molecule has 1 heterocycles. The molecule has 3 nitrogen and oxygen atoms in total. The van der Waals surface area contributed by atoms with Crippen LogP contribution in [0.15, 0.2) is 30.3 Å². The van der Waals surface area contributed by atoms with E-state index in [0.717, 1.165) is 26.2 Å². The molecule has 1 N–H and O–H groups in total. The number of nitrogens with zero attached hydrogens (tertiary/aromatic N) is 1. The highest BCUT2D eigenvalue weighted by atomic mass is 16.5. The quantitative estimate of drug-likeness (QED) is 0.895. The molecule has 0 saturated carbocycles. The van der Waals surface area contributed by atoms with Crippen LogP contribution >= 0.6 is 0 Å². The Kier molecular flexibility index (Phi) is 5.19. The van der Waals surface area contributed by atoms with Crippen LogP contribution in [0.1, 0.15) is 32.4 Å². The summed E-state index contributed by atoms with van der Waals surface area (Å²) in [5, 5.41) is 3.50. The third-order valence-electron chi connectivity index (χ3n) is 4.16. The van der Waals surface area contributed by atoms with Gasteiger partial charge in [0.2, 0.25) is 0 Å². The van der Waals surface area contributed by atoms with Crippen LogP contribution in [-0.4, -0.2) is 44.3 Å². The Hall–Kier alpha value is -0.900. The highest BCUT2D eigenvalue weighted by molar-refractivity contribution is 5.21. The van der Waals surface area contributed by atoms with Crippen LogP contribution < -0.4 is 5.32 Å². The van der Waals surface area contributed by atoms with E-state index in [1.54, 1.807) is 0 Å². The second kappa shape index (κ2) is 6.70. The van der Waals surface area contributed by atoms with Gasteiger partial charge >= 0.3 is 0 Å². The summed E-state index contributed by atoms with van der Waals surface area (Å²) in [6.45, 7) is 10.9. The van der Waals surface area contributed by atoms with Gasteiger partial charge in [0.25, 0.3) is 0 Å². The van der Waals surface area contributed by atoms with Gasteiger partial charge in [0, 0.05) is 25.7 Å². The largest absolute Gasteiger partial charge is 0.376 e. The first-order valence-corrected chi connectivity index (χ1v) is 7.59. The van der Waals surface area contributed by atoms with Crippen molar-refractivity contribution in [1.29, 1.82) is 0 Å². The standard InChI is InChI=1S/C17H28N2O/c1-14-12-19(10-11-20-14)13-17(2,3)16(18-4)15-8-6-5-7-9-15/h5-9,14,16,18H,10-13H2,1-4H3. The molecule has 112 valence electrons. The fourth-order valence-corrected chi connectivity index (χ4v) is 3.36. The molecule has 1 saturated heterocycles. The lowest BCUT2D eigenvalue weighted by molar-refractivity contribution is -0.0325. The molecule has 1 fully saturated rings. The lowest BCUT2D eigenvalue weighted by atomic mass is 9.80. The van der Waals surface area contributed by atoms with Crippen molar-refractivity contribution >= 4 is 0 Å². The van der Waals surface area contributed by atoms with E-state index in [9.17, 15) is 0 Å². The van der Waals surface area contributed by atoms with Crippen LogP contribution in [0.5, 0.6) is 0 Å². The molecule has 0 spiro atoms. The lowest BCUT2D eigenvalue weighted by Crippen LogP contribution is -2.48. The zero-order chi connectivity index (χ0) is 14.6. The van der Waals surface area contributed by atoms with Crippen LogP contribution in [0.3, 0.4) is 0 Å². The van der Waals surface area contributed by atoms with E-state index in [4.69, 9.17) is 4.74 Å². The van der Waals surface area contributed by atoms with E-state index >= 15 is 0 Å². The van der Waals surface area contributed by atoms with Gasteiger partial charge < -0.3 is 10.1 Å².